The Bertz CT molecular complexity index is 491. The standard InChI is InChI=1S/C15H23N3O3/c1-5-21-13-8-6-7-12(9-13)10(2)17-11(3)14(19)18-15(20)16-4/h6-11,17H,5H2,1-4H3,(H2,16,18,19,20)/t10-,11-/m1/s1. The highest BCUT2D eigenvalue weighted by Crippen LogP contribution is 2.19. The molecule has 6 heteroatoms. The van der Waals surface area contributed by atoms with Crippen LogP contribution in [-0.4, -0.2) is 31.6 Å². The van der Waals surface area contributed by atoms with Gasteiger partial charge in [-0.25, -0.2) is 4.79 Å². The number of carbonyl (C=O) groups is 2. The molecular formula is C15H23N3O3. The zero-order chi connectivity index (χ0) is 15.8. The van der Waals surface area contributed by atoms with Crippen molar-refractivity contribution < 1.29 is 14.3 Å². The summed E-state index contributed by atoms with van der Waals surface area (Å²) in [7, 11) is 1.46. The third-order valence-electron chi connectivity index (χ3n) is 3.03. The molecule has 0 unspecified atom stereocenters. The van der Waals surface area contributed by atoms with E-state index in [-0.39, 0.29) is 11.9 Å². The average molecular weight is 293 g/mol. The smallest absolute Gasteiger partial charge is 0.321 e. The minimum Gasteiger partial charge on any atom is -0.494 e. The lowest BCUT2D eigenvalue weighted by Crippen LogP contribution is -2.47. The lowest BCUT2D eigenvalue weighted by molar-refractivity contribution is -0.121. The van der Waals surface area contributed by atoms with Gasteiger partial charge in [0.2, 0.25) is 5.91 Å². The van der Waals surface area contributed by atoms with Crippen molar-refractivity contribution in [3.63, 3.8) is 0 Å². The quantitative estimate of drug-likeness (QED) is 0.744. The Kier molecular flexibility index (Phi) is 6.68. The third-order valence-corrected chi connectivity index (χ3v) is 3.03. The van der Waals surface area contributed by atoms with E-state index in [2.05, 4.69) is 16.0 Å². The van der Waals surface area contributed by atoms with Crippen molar-refractivity contribution in [3.8, 4) is 5.75 Å². The molecule has 0 aromatic heterocycles. The molecular weight excluding hydrogens is 270 g/mol. The highest BCUT2D eigenvalue weighted by atomic mass is 16.5. The third kappa shape index (κ3) is 5.43. The summed E-state index contributed by atoms with van der Waals surface area (Å²) in [5, 5.41) is 7.73. The minimum atomic E-state index is -0.514. The fraction of sp³-hybridized carbons (Fsp3) is 0.467. The normalized spacial score (nSPS) is 13.1. The lowest BCUT2D eigenvalue weighted by Gasteiger charge is -2.20. The van der Waals surface area contributed by atoms with Crippen molar-refractivity contribution in [3.05, 3.63) is 29.8 Å². The van der Waals surface area contributed by atoms with Crippen LogP contribution in [0.5, 0.6) is 5.75 Å². The predicted molar refractivity (Wildman–Crippen MR) is 81.2 cm³/mol. The topological polar surface area (TPSA) is 79.5 Å². The Hall–Kier alpha value is -2.08. The first-order valence-corrected chi connectivity index (χ1v) is 6.99. The van der Waals surface area contributed by atoms with Crippen LogP contribution in [-0.2, 0) is 4.79 Å². The summed E-state index contributed by atoms with van der Waals surface area (Å²) in [6.07, 6.45) is 0. The molecule has 0 spiro atoms. The maximum Gasteiger partial charge on any atom is 0.321 e. The number of amides is 3. The highest BCUT2D eigenvalue weighted by molar-refractivity contribution is 5.96. The number of hydrogen-bond donors (Lipinski definition) is 3. The van der Waals surface area contributed by atoms with Gasteiger partial charge < -0.3 is 10.1 Å². The van der Waals surface area contributed by atoms with E-state index in [9.17, 15) is 9.59 Å². The molecule has 2 atom stereocenters. The number of carbonyl (C=O) groups excluding carboxylic acids is 2. The van der Waals surface area contributed by atoms with Crippen molar-refractivity contribution in [2.24, 2.45) is 0 Å². The summed E-state index contributed by atoms with van der Waals surface area (Å²) in [5.74, 6) is 0.424. The zero-order valence-electron chi connectivity index (χ0n) is 12.9. The molecule has 0 aliphatic heterocycles. The van der Waals surface area contributed by atoms with Gasteiger partial charge in [-0.1, -0.05) is 12.1 Å². The molecule has 1 rings (SSSR count). The van der Waals surface area contributed by atoms with E-state index in [1.807, 2.05) is 38.1 Å². The predicted octanol–water partition coefficient (Wildman–Crippen LogP) is 1.58. The van der Waals surface area contributed by atoms with Crippen LogP contribution >= 0.6 is 0 Å². The average Bonchev–Trinajstić information content (AvgIpc) is 2.47. The number of nitrogens with one attached hydrogen (secondary N) is 3. The highest BCUT2D eigenvalue weighted by Gasteiger charge is 2.18. The molecule has 1 aromatic rings. The van der Waals surface area contributed by atoms with Gasteiger partial charge in [0.1, 0.15) is 5.75 Å². The number of hydrogen-bond acceptors (Lipinski definition) is 4. The summed E-state index contributed by atoms with van der Waals surface area (Å²) in [5.41, 5.74) is 1.01. The van der Waals surface area contributed by atoms with Gasteiger partial charge >= 0.3 is 6.03 Å². The second-order valence-corrected chi connectivity index (χ2v) is 4.68. The van der Waals surface area contributed by atoms with Gasteiger partial charge in [0.25, 0.3) is 0 Å². The SMILES string of the molecule is CCOc1cccc([C@@H](C)N[C@H](C)C(=O)NC(=O)NC)c1. The molecule has 116 valence electrons. The van der Waals surface area contributed by atoms with Gasteiger partial charge in [-0.05, 0) is 38.5 Å². The van der Waals surface area contributed by atoms with Gasteiger partial charge in [0.05, 0.1) is 12.6 Å². The summed E-state index contributed by atoms with van der Waals surface area (Å²) in [6, 6.07) is 6.65. The fourth-order valence-corrected chi connectivity index (χ4v) is 1.87. The van der Waals surface area contributed by atoms with Crippen molar-refractivity contribution in [1.82, 2.24) is 16.0 Å². The van der Waals surface area contributed by atoms with Crippen LogP contribution in [0.25, 0.3) is 0 Å². The molecule has 0 fully saturated rings. The van der Waals surface area contributed by atoms with Crippen molar-refractivity contribution >= 4 is 11.9 Å². The molecule has 0 heterocycles. The van der Waals surface area contributed by atoms with E-state index in [0.29, 0.717) is 6.61 Å². The minimum absolute atomic E-state index is 0.0455. The van der Waals surface area contributed by atoms with E-state index in [1.54, 1.807) is 6.92 Å². The van der Waals surface area contributed by atoms with Gasteiger partial charge in [0, 0.05) is 13.1 Å². The van der Waals surface area contributed by atoms with Gasteiger partial charge in [-0.2, -0.15) is 0 Å². The molecule has 3 amide bonds. The largest absolute Gasteiger partial charge is 0.494 e. The zero-order valence-corrected chi connectivity index (χ0v) is 12.9. The van der Waals surface area contributed by atoms with Crippen LogP contribution in [0.15, 0.2) is 24.3 Å². The summed E-state index contributed by atoms with van der Waals surface area (Å²) < 4.78 is 5.46. The van der Waals surface area contributed by atoms with Gasteiger partial charge in [-0.15, -0.1) is 0 Å². The van der Waals surface area contributed by atoms with Crippen LogP contribution < -0.4 is 20.7 Å². The van der Waals surface area contributed by atoms with Crippen LogP contribution in [0.4, 0.5) is 4.79 Å². The van der Waals surface area contributed by atoms with Crippen molar-refractivity contribution in [2.45, 2.75) is 32.9 Å². The number of ether oxygens (including phenoxy) is 1. The van der Waals surface area contributed by atoms with Crippen LogP contribution in [0.2, 0.25) is 0 Å². The lowest BCUT2D eigenvalue weighted by atomic mass is 10.1. The first kappa shape index (κ1) is 17.0. The van der Waals surface area contributed by atoms with E-state index in [1.165, 1.54) is 7.05 Å². The molecule has 6 nitrogen and oxygen atoms in total. The number of imide groups is 1. The molecule has 3 N–H and O–H groups in total. The van der Waals surface area contributed by atoms with Crippen LogP contribution in [0.1, 0.15) is 32.4 Å². The molecule has 0 aliphatic carbocycles. The molecule has 0 aliphatic rings. The van der Waals surface area contributed by atoms with Crippen molar-refractivity contribution in [1.29, 1.82) is 0 Å². The maximum atomic E-state index is 11.8. The molecule has 1 aromatic carbocycles. The van der Waals surface area contributed by atoms with Crippen LogP contribution in [0, 0.1) is 0 Å². The Balaban J connectivity index is 2.63. The molecule has 0 saturated carbocycles. The van der Waals surface area contributed by atoms with E-state index < -0.39 is 12.1 Å². The van der Waals surface area contributed by atoms with Gasteiger partial charge in [0.15, 0.2) is 0 Å². The molecule has 0 saturated heterocycles. The summed E-state index contributed by atoms with van der Waals surface area (Å²) in [4.78, 5) is 22.9. The van der Waals surface area contributed by atoms with Crippen molar-refractivity contribution in [2.75, 3.05) is 13.7 Å². The fourth-order valence-electron chi connectivity index (χ4n) is 1.87. The Morgan fingerprint density at radius 3 is 2.62 bits per heavy atom. The second-order valence-electron chi connectivity index (χ2n) is 4.68. The van der Waals surface area contributed by atoms with Gasteiger partial charge in [-0.3, -0.25) is 15.4 Å². The first-order chi connectivity index (χ1) is 9.97. The Morgan fingerprint density at radius 1 is 1.29 bits per heavy atom. The second kappa shape index (κ2) is 8.26. The monoisotopic (exact) mass is 293 g/mol. The van der Waals surface area contributed by atoms with E-state index in [0.717, 1.165) is 11.3 Å². The number of urea groups is 1. The molecule has 0 bridgehead atoms. The maximum absolute atomic E-state index is 11.8. The Morgan fingerprint density at radius 2 is 2.00 bits per heavy atom. The molecule has 21 heavy (non-hydrogen) atoms. The van der Waals surface area contributed by atoms with Crippen LogP contribution in [0.3, 0.4) is 0 Å². The first-order valence-electron chi connectivity index (χ1n) is 6.99. The summed E-state index contributed by atoms with van der Waals surface area (Å²) >= 11 is 0. The summed E-state index contributed by atoms with van der Waals surface area (Å²) in [6.45, 7) is 6.20. The van der Waals surface area contributed by atoms with E-state index >= 15 is 0 Å². The Labute approximate surface area is 125 Å². The van der Waals surface area contributed by atoms with E-state index in [4.69, 9.17) is 4.74 Å². The molecule has 0 radical (unpaired) electrons. The number of benzene rings is 1. The number of rotatable bonds is 6.